The Morgan fingerprint density at radius 1 is 1.43 bits per heavy atom. The number of carboxylic acids is 1. The number of rotatable bonds is 2. The summed E-state index contributed by atoms with van der Waals surface area (Å²) in [5.74, 6) is -0.686. The Morgan fingerprint density at radius 2 is 2.14 bits per heavy atom. The van der Waals surface area contributed by atoms with Gasteiger partial charge in [-0.2, -0.15) is 0 Å². The fraction of sp³-hybridized carbons (Fsp3) is 0.417. The Kier molecular flexibility index (Phi) is 2.28. The molecule has 1 radical (unpaired) electrons. The maximum Gasteiger partial charge on any atom is 0.314 e. The quantitative estimate of drug-likeness (QED) is 0.775. The highest BCUT2D eigenvalue weighted by molar-refractivity contribution is 5.81. The lowest BCUT2D eigenvalue weighted by Crippen LogP contribution is -2.32. The molecule has 1 N–H and O–H groups in total. The minimum absolute atomic E-state index is 0.627. The zero-order valence-corrected chi connectivity index (χ0v) is 7.99. The third-order valence-electron chi connectivity index (χ3n) is 3.13. The third kappa shape index (κ3) is 1.31. The number of aliphatic carboxylic acids is 1. The van der Waals surface area contributed by atoms with E-state index in [1.54, 1.807) is 12.1 Å². The molecule has 1 aromatic carbocycles. The first kappa shape index (κ1) is 9.25. The third-order valence-corrected chi connectivity index (χ3v) is 3.13. The smallest absolute Gasteiger partial charge is 0.314 e. The molecule has 0 spiro atoms. The fourth-order valence-electron chi connectivity index (χ4n) is 2.30. The fourth-order valence-corrected chi connectivity index (χ4v) is 2.30. The summed E-state index contributed by atoms with van der Waals surface area (Å²) in [5, 5.41) is 9.30. The van der Waals surface area contributed by atoms with Crippen molar-refractivity contribution in [2.45, 2.75) is 31.1 Å². The van der Waals surface area contributed by atoms with Crippen LogP contribution in [0.15, 0.2) is 24.3 Å². The van der Waals surface area contributed by atoms with Gasteiger partial charge in [0.05, 0.1) is 5.41 Å². The van der Waals surface area contributed by atoms with Crippen molar-refractivity contribution >= 4 is 5.97 Å². The number of hydrogen-bond acceptors (Lipinski definition) is 1. The van der Waals surface area contributed by atoms with Crippen LogP contribution >= 0.6 is 0 Å². The summed E-state index contributed by atoms with van der Waals surface area (Å²) in [7, 11) is 0. The van der Waals surface area contributed by atoms with Crippen LogP contribution in [0.2, 0.25) is 0 Å². The van der Waals surface area contributed by atoms with E-state index in [1.807, 2.05) is 12.1 Å². The van der Waals surface area contributed by atoms with E-state index in [1.165, 1.54) is 0 Å². The Bertz CT molecular complexity index is 323. The minimum atomic E-state index is -0.686. The van der Waals surface area contributed by atoms with E-state index in [9.17, 15) is 9.90 Å². The molecule has 0 bridgehead atoms. The van der Waals surface area contributed by atoms with Gasteiger partial charge in [-0.05, 0) is 24.5 Å². The van der Waals surface area contributed by atoms with E-state index in [2.05, 4.69) is 6.07 Å². The second kappa shape index (κ2) is 3.45. The summed E-state index contributed by atoms with van der Waals surface area (Å²) in [6.45, 7) is 0. The Hall–Kier alpha value is -1.31. The second-order valence-electron chi connectivity index (χ2n) is 3.89. The Morgan fingerprint density at radius 3 is 2.64 bits per heavy atom. The molecule has 0 atom stereocenters. The lowest BCUT2D eigenvalue weighted by molar-refractivity contribution is -0.143. The van der Waals surface area contributed by atoms with E-state index in [0.717, 1.165) is 31.2 Å². The molecular formula is C12H13O2. The van der Waals surface area contributed by atoms with Gasteiger partial charge in [-0.3, -0.25) is 4.79 Å². The first-order valence-corrected chi connectivity index (χ1v) is 4.96. The van der Waals surface area contributed by atoms with Gasteiger partial charge in [0.15, 0.2) is 0 Å². The molecule has 1 saturated carbocycles. The number of benzene rings is 1. The van der Waals surface area contributed by atoms with E-state index < -0.39 is 11.4 Å². The van der Waals surface area contributed by atoms with Crippen LogP contribution in [-0.4, -0.2) is 11.1 Å². The molecule has 1 aliphatic rings. The van der Waals surface area contributed by atoms with Crippen LogP contribution in [-0.2, 0) is 10.2 Å². The van der Waals surface area contributed by atoms with Gasteiger partial charge in [-0.25, -0.2) is 0 Å². The summed E-state index contributed by atoms with van der Waals surface area (Å²) < 4.78 is 0. The lowest BCUT2D eigenvalue weighted by atomic mass is 9.79. The van der Waals surface area contributed by atoms with Gasteiger partial charge in [0.1, 0.15) is 0 Å². The van der Waals surface area contributed by atoms with Crippen LogP contribution < -0.4 is 0 Å². The SMILES string of the molecule is O=C(O)C1(c2c[c]ccc2)CCCC1. The van der Waals surface area contributed by atoms with Crippen molar-refractivity contribution in [3.63, 3.8) is 0 Å². The number of hydrogen-bond donors (Lipinski definition) is 1. The van der Waals surface area contributed by atoms with E-state index >= 15 is 0 Å². The van der Waals surface area contributed by atoms with Crippen molar-refractivity contribution < 1.29 is 9.90 Å². The molecule has 14 heavy (non-hydrogen) atoms. The van der Waals surface area contributed by atoms with Gasteiger partial charge in [0.25, 0.3) is 0 Å². The first-order chi connectivity index (χ1) is 6.76. The van der Waals surface area contributed by atoms with E-state index in [-0.39, 0.29) is 0 Å². The lowest BCUT2D eigenvalue weighted by Gasteiger charge is -2.23. The van der Waals surface area contributed by atoms with Crippen molar-refractivity contribution in [2.75, 3.05) is 0 Å². The average molecular weight is 189 g/mol. The highest BCUT2D eigenvalue weighted by atomic mass is 16.4. The van der Waals surface area contributed by atoms with Crippen molar-refractivity contribution in [1.82, 2.24) is 0 Å². The second-order valence-corrected chi connectivity index (χ2v) is 3.89. The molecule has 0 heterocycles. The highest BCUT2D eigenvalue weighted by Crippen LogP contribution is 2.41. The van der Waals surface area contributed by atoms with Gasteiger partial charge in [0.2, 0.25) is 0 Å². The molecule has 1 fully saturated rings. The normalized spacial score (nSPS) is 19.4. The summed E-state index contributed by atoms with van der Waals surface area (Å²) >= 11 is 0. The van der Waals surface area contributed by atoms with Crippen molar-refractivity contribution in [1.29, 1.82) is 0 Å². The molecule has 0 aliphatic heterocycles. The molecule has 0 saturated heterocycles. The molecule has 1 aliphatic carbocycles. The van der Waals surface area contributed by atoms with Crippen LogP contribution in [0.1, 0.15) is 31.2 Å². The summed E-state index contributed by atoms with van der Waals surface area (Å²) in [5.41, 5.74) is 0.280. The van der Waals surface area contributed by atoms with E-state index in [4.69, 9.17) is 0 Å². The zero-order valence-electron chi connectivity index (χ0n) is 7.99. The van der Waals surface area contributed by atoms with Gasteiger partial charge >= 0.3 is 5.97 Å². The van der Waals surface area contributed by atoms with Crippen LogP contribution in [0, 0.1) is 6.07 Å². The molecule has 0 unspecified atom stereocenters. The van der Waals surface area contributed by atoms with Crippen LogP contribution in [0.4, 0.5) is 0 Å². The largest absolute Gasteiger partial charge is 0.481 e. The van der Waals surface area contributed by atoms with Crippen molar-refractivity contribution in [3.05, 3.63) is 35.9 Å². The van der Waals surface area contributed by atoms with Crippen molar-refractivity contribution in [2.24, 2.45) is 0 Å². The summed E-state index contributed by atoms with van der Waals surface area (Å²) in [6.07, 6.45) is 3.56. The monoisotopic (exact) mass is 189 g/mol. The van der Waals surface area contributed by atoms with Crippen LogP contribution in [0.5, 0.6) is 0 Å². The maximum atomic E-state index is 11.3. The molecule has 1 aromatic rings. The molecule has 2 nitrogen and oxygen atoms in total. The molecule has 0 aromatic heterocycles. The summed E-state index contributed by atoms with van der Waals surface area (Å²) in [6, 6.07) is 10.3. The predicted octanol–water partition coefficient (Wildman–Crippen LogP) is 2.38. The Balaban J connectivity index is 2.42. The standard InChI is InChI=1S/C12H13O2/c13-11(14)12(8-4-5-9-12)10-6-2-1-3-7-10/h1-2,6-7H,4-5,8-9H2,(H,13,14). The number of carboxylic acid groups (broad SMARTS) is 1. The topological polar surface area (TPSA) is 37.3 Å². The van der Waals surface area contributed by atoms with Gasteiger partial charge < -0.3 is 5.11 Å². The Labute approximate surface area is 83.6 Å². The molecule has 73 valence electrons. The molecule has 2 rings (SSSR count). The zero-order chi connectivity index (χ0) is 10.0. The molecule has 0 amide bonds. The highest BCUT2D eigenvalue weighted by Gasteiger charge is 2.42. The number of carbonyl (C=O) groups is 1. The molecular weight excluding hydrogens is 176 g/mol. The average Bonchev–Trinajstić information content (AvgIpc) is 2.69. The van der Waals surface area contributed by atoms with Gasteiger partial charge in [-0.15, -0.1) is 0 Å². The predicted molar refractivity (Wildman–Crippen MR) is 53.1 cm³/mol. The minimum Gasteiger partial charge on any atom is -0.481 e. The van der Waals surface area contributed by atoms with Crippen LogP contribution in [0.3, 0.4) is 0 Å². The van der Waals surface area contributed by atoms with Gasteiger partial charge in [0, 0.05) is 0 Å². The maximum absolute atomic E-state index is 11.3. The molecule has 2 heteroatoms. The van der Waals surface area contributed by atoms with E-state index in [0.29, 0.717) is 0 Å². The first-order valence-electron chi connectivity index (χ1n) is 4.96. The van der Waals surface area contributed by atoms with Gasteiger partial charge in [-0.1, -0.05) is 37.1 Å². The van der Waals surface area contributed by atoms with Crippen molar-refractivity contribution in [3.8, 4) is 0 Å². The van der Waals surface area contributed by atoms with Crippen LogP contribution in [0.25, 0.3) is 0 Å². The summed E-state index contributed by atoms with van der Waals surface area (Å²) in [4.78, 5) is 11.3.